The van der Waals surface area contributed by atoms with Crippen molar-refractivity contribution in [3.63, 3.8) is 0 Å². The van der Waals surface area contributed by atoms with Crippen molar-refractivity contribution in [3.8, 4) is 5.75 Å². The summed E-state index contributed by atoms with van der Waals surface area (Å²) in [6, 6.07) is 4.96. The molecular formula is C13H17BrF3NO2. The average molecular weight is 356 g/mol. The number of hydrogen-bond acceptors (Lipinski definition) is 3. The molecule has 1 aromatic carbocycles. The van der Waals surface area contributed by atoms with Crippen LogP contribution >= 0.6 is 15.9 Å². The zero-order valence-electron chi connectivity index (χ0n) is 11.0. The highest BCUT2D eigenvalue weighted by molar-refractivity contribution is 9.10. The van der Waals surface area contributed by atoms with Gasteiger partial charge in [-0.25, -0.2) is 0 Å². The van der Waals surface area contributed by atoms with Crippen LogP contribution in [0.1, 0.15) is 24.9 Å². The number of benzene rings is 1. The molecule has 0 aliphatic rings. The molecule has 0 fully saturated rings. The normalized spacial score (nSPS) is 13.3. The van der Waals surface area contributed by atoms with E-state index in [0.717, 1.165) is 10.0 Å². The first-order chi connectivity index (χ1) is 9.33. The van der Waals surface area contributed by atoms with Crippen LogP contribution in [0.3, 0.4) is 0 Å². The fourth-order valence-corrected chi connectivity index (χ4v) is 2.27. The number of ether oxygens (including phenoxy) is 2. The average Bonchev–Trinajstić information content (AvgIpc) is 2.34. The quantitative estimate of drug-likeness (QED) is 0.756. The SMILES string of the molecule is CCOc1ccc(C(N)CCOCC(F)(F)F)c(Br)c1. The Balaban J connectivity index is 2.49. The van der Waals surface area contributed by atoms with E-state index in [2.05, 4.69) is 20.7 Å². The zero-order valence-corrected chi connectivity index (χ0v) is 12.6. The van der Waals surface area contributed by atoms with E-state index in [9.17, 15) is 13.2 Å². The van der Waals surface area contributed by atoms with Gasteiger partial charge in [0, 0.05) is 17.1 Å². The van der Waals surface area contributed by atoms with E-state index in [1.807, 2.05) is 6.92 Å². The minimum absolute atomic E-state index is 0.0413. The topological polar surface area (TPSA) is 44.5 Å². The van der Waals surface area contributed by atoms with Crippen LogP contribution in [-0.4, -0.2) is 26.0 Å². The molecule has 114 valence electrons. The van der Waals surface area contributed by atoms with Crippen LogP contribution < -0.4 is 10.5 Å². The first kappa shape index (κ1) is 17.3. The zero-order chi connectivity index (χ0) is 15.2. The Labute approximate surface area is 124 Å². The van der Waals surface area contributed by atoms with Gasteiger partial charge in [-0.2, -0.15) is 13.2 Å². The van der Waals surface area contributed by atoms with Gasteiger partial charge in [0.2, 0.25) is 0 Å². The van der Waals surface area contributed by atoms with Crippen LogP contribution in [0, 0.1) is 0 Å². The van der Waals surface area contributed by atoms with Gasteiger partial charge in [0.1, 0.15) is 12.4 Å². The highest BCUT2D eigenvalue weighted by atomic mass is 79.9. The predicted molar refractivity (Wildman–Crippen MR) is 73.7 cm³/mol. The Hall–Kier alpha value is -0.790. The number of halogens is 4. The molecule has 1 unspecified atom stereocenters. The molecular weight excluding hydrogens is 339 g/mol. The van der Waals surface area contributed by atoms with E-state index in [1.165, 1.54) is 0 Å². The Bertz CT molecular complexity index is 427. The van der Waals surface area contributed by atoms with Gasteiger partial charge < -0.3 is 15.2 Å². The summed E-state index contributed by atoms with van der Waals surface area (Å²) >= 11 is 3.38. The van der Waals surface area contributed by atoms with Gasteiger partial charge in [0.05, 0.1) is 6.61 Å². The molecule has 0 spiro atoms. The van der Waals surface area contributed by atoms with Crippen LogP contribution in [0.2, 0.25) is 0 Å². The Morgan fingerprint density at radius 1 is 1.35 bits per heavy atom. The first-order valence-electron chi connectivity index (χ1n) is 6.16. The van der Waals surface area contributed by atoms with Crippen LogP contribution in [0.4, 0.5) is 13.2 Å². The minimum Gasteiger partial charge on any atom is -0.494 e. The fraction of sp³-hybridized carbons (Fsp3) is 0.538. The molecule has 2 N–H and O–H groups in total. The molecule has 1 aromatic rings. The molecule has 0 aliphatic heterocycles. The van der Waals surface area contributed by atoms with Crippen molar-refractivity contribution in [2.75, 3.05) is 19.8 Å². The number of hydrogen-bond donors (Lipinski definition) is 1. The molecule has 0 bridgehead atoms. The highest BCUT2D eigenvalue weighted by Crippen LogP contribution is 2.28. The Kier molecular flexibility index (Phi) is 6.78. The van der Waals surface area contributed by atoms with Gasteiger partial charge in [-0.05, 0) is 31.0 Å². The van der Waals surface area contributed by atoms with Crippen molar-refractivity contribution in [2.24, 2.45) is 5.73 Å². The van der Waals surface area contributed by atoms with Gasteiger partial charge in [-0.15, -0.1) is 0 Å². The molecule has 0 radical (unpaired) electrons. The Morgan fingerprint density at radius 2 is 2.05 bits per heavy atom. The molecule has 0 heterocycles. The molecule has 0 saturated heterocycles. The summed E-state index contributed by atoms with van der Waals surface area (Å²) in [6.07, 6.45) is -3.99. The third kappa shape index (κ3) is 6.11. The third-order valence-electron chi connectivity index (χ3n) is 2.52. The second kappa shape index (κ2) is 7.85. The molecule has 7 heteroatoms. The van der Waals surface area contributed by atoms with Gasteiger partial charge >= 0.3 is 6.18 Å². The van der Waals surface area contributed by atoms with Crippen molar-refractivity contribution in [1.82, 2.24) is 0 Å². The second-order valence-electron chi connectivity index (χ2n) is 4.18. The lowest BCUT2D eigenvalue weighted by molar-refractivity contribution is -0.174. The van der Waals surface area contributed by atoms with Crippen LogP contribution in [-0.2, 0) is 4.74 Å². The summed E-state index contributed by atoms with van der Waals surface area (Å²) in [7, 11) is 0. The van der Waals surface area contributed by atoms with E-state index in [1.54, 1.807) is 18.2 Å². The van der Waals surface area contributed by atoms with Crippen LogP contribution in [0.15, 0.2) is 22.7 Å². The maximum absolute atomic E-state index is 11.9. The van der Waals surface area contributed by atoms with E-state index in [0.29, 0.717) is 18.8 Å². The van der Waals surface area contributed by atoms with Crippen LogP contribution in [0.25, 0.3) is 0 Å². The fourth-order valence-electron chi connectivity index (χ4n) is 1.62. The molecule has 0 aromatic heterocycles. The molecule has 0 amide bonds. The summed E-state index contributed by atoms with van der Waals surface area (Å²) in [5, 5.41) is 0. The van der Waals surface area contributed by atoms with Gasteiger partial charge in [0.25, 0.3) is 0 Å². The summed E-state index contributed by atoms with van der Waals surface area (Å²) < 4.78 is 46.4. The smallest absolute Gasteiger partial charge is 0.411 e. The lowest BCUT2D eigenvalue weighted by Crippen LogP contribution is -2.20. The van der Waals surface area contributed by atoms with Gasteiger partial charge in [0.15, 0.2) is 0 Å². The predicted octanol–water partition coefficient (Wildman–Crippen LogP) is 3.82. The summed E-state index contributed by atoms with van der Waals surface area (Å²) in [6.45, 7) is 1.15. The molecule has 0 aliphatic carbocycles. The second-order valence-corrected chi connectivity index (χ2v) is 5.03. The van der Waals surface area contributed by atoms with Crippen molar-refractivity contribution in [1.29, 1.82) is 0 Å². The highest BCUT2D eigenvalue weighted by Gasteiger charge is 2.27. The maximum atomic E-state index is 11.9. The van der Waals surface area contributed by atoms with Crippen molar-refractivity contribution >= 4 is 15.9 Å². The number of alkyl halides is 3. The molecule has 1 atom stereocenters. The third-order valence-corrected chi connectivity index (χ3v) is 3.21. The van der Waals surface area contributed by atoms with E-state index >= 15 is 0 Å². The molecule has 3 nitrogen and oxygen atoms in total. The van der Waals surface area contributed by atoms with Crippen molar-refractivity contribution < 1.29 is 22.6 Å². The van der Waals surface area contributed by atoms with Gasteiger partial charge in [-0.1, -0.05) is 22.0 Å². The lowest BCUT2D eigenvalue weighted by atomic mass is 10.1. The summed E-state index contributed by atoms with van der Waals surface area (Å²) in [4.78, 5) is 0. The number of nitrogens with two attached hydrogens (primary N) is 1. The molecule has 20 heavy (non-hydrogen) atoms. The summed E-state index contributed by atoms with van der Waals surface area (Å²) in [5.74, 6) is 0.712. The van der Waals surface area contributed by atoms with Crippen molar-refractivity contribution in [2.45, 2.75) is 25.6 Å². The lowest BCUT2D eigenvalue weighted by Gasteiger charge is -2.15. The Morgan fingerprint density at radius 3 is 2.60 bits per heavy atom. The first-order valence-corrected chi connectivity index (χ1v) is 6.95. The maximum Gasteiger partial charge on any atom is 0.411 e. The van der Waals surface area contributed by atoms with Crippen LogP contribution in [0.5, 0.6) is 5.75 Å². The molecule has 1 rings (SSSR count). The van der Waals surface area contributed by atoms with E-state index in [-0.39, 0.29) is 6.61 Å². The van der Waals surface area contributed by atoms with Crippen molar-refractivity contribution in [3.05, 3.63) is 28.2 Å². The standard InChI is InChI=1S/C13H17BrF3NO2/c1-2-20-9-3-4-10(11(14)7-9)12(18)5-6-19-8-13(15,16)17/h3-4,7,12H,2,5-6,8,18H2,1H3. The summed E-state index contributed by atoms with van der Waals surface area (Å²) in [5.41, 5.74) is 6.75. The largest absolute Gasteiger partial charge is 0.494 e. The van der Waals surface area contributed by atoms with E-state index < -0.39 is 18.8 Å². The van der Waals surface area contributed by atoms with Gasteiger partial charge in [-0.3, -0.25) is 0 Å². The van der Waals surface area contributed by atoms with E-state index in [4.69, 9.17) is 10.5 Å². The minimum atomic E-state index is -4.30. The number of rotatable bonds is 7. The molecule has 0 saturated carbocycles. The monoisotopic (exact) mass is 355 g/mol.